The molecule has 6 heteroatoms. The van der Waals surface area contributed by atoms with Gasteiger partial charge in [0, 0.05) is 29.2 Å². The summed E-state index contributed by atoms with van der Waals surface area (Å²) in [6.45, 7) is 1.13. The van der Waals surface area contributed by atoms with Gasteiger partial charge in [0.2, 0.25) is 11.7 Å². The van der Waals surface area contributed by atoms with Gasteiger partial charge in [0.05, 0.1) is 5.92 Å². The Labute approximate surface area is 178 Å². The lowest BCUT2D eigenvalue weighted by atomic mass is 9.98. The molecule has 1 aliphatic rings. The van der Waals surface area contributed by atoms with Gasteiger partial charge in [0.1, 0.15) is 0 Å². The molecule has 0 N–H and O–H groups in total. The van der Waals surface area contributed by atoms with Crippen LogP contribution in [-0.2, 0) is 0 Å². The number of benzene rings is 3. The van der Waals surface area contributed by atoms with Crippen molar-refractivity contribution in [2.24, 2.45) is 0 Å². The minimum Gasteiger partial charge on any atom is -0.339 e. The van der Waals surface area contributed by atoms with Crippen molar-refractivity contribution >= 4 is 17.5 Å². The van der Waals surface area contributed by atoms with Crippen molar-refractivity contribution in [3.63, 3.8) is 0 Å². The molecule has 148 valence electrons. The van der Waals surface area contributed by atoms with E-state index in [9.17, 15) is 4.79 Å². The third-order valence-corrected chi connectivity index (χ3v) is 5.52. The van der Waals surface area contributed by atoms with Crippen molar-refractivity contribution in [3.05, 3.63) is 95.3 Å². The van der Waals surface area contributed by atoms with Crippen LogP contribution in [-0.4, -0.2) is 34.0 Å². The van der Waals surface area contributed by atoms with Gasteiger partial charge >= 0.3 is 0 Å². The minimum atomic E-state index is 0.0143. The first kappa shape index (κ1) is 18.6. The van der Waals surface area contributed by atoms with Crippen LogP contribution in [0.15, 0.2) is 83.4 Å². The topological polar surface area (TPSA) is 59.2 Å². The molecule has 1 amide bonds. The highest BCUT2D eigenvalue weighted by Crippen LogP contribution is 2.30. The zero-order chi connectivity index (χ0) is 20.5. The molecule has 0 atom stereocenters. The number of halogens is 1. The molecule has 1 fully saturated rings. The maximum atomic E-state index is 12.8. The van der Waals surface area contributed by atoms with Crippen LogP contribution in [0.3, 0.4) is 0 Å². The Bertz CT molecular complexity index is 1180. The first-order chi connectivity index (χ1) is 14.7. The predicted octanol–water partition coefficient (Wildman–Crippen LogP) is 5.30. The van der Waals surface area contributed by atoms with E-state index in [2.05, 4.69) is 22.3 Å². The third kappa shape index (κ3) is 3.60. The lowest BCUT2D eigenvalue weighted by molar-refractivity contribution is 0.0569. The van der Waals surface area contributed by atoms with Gasteiger partial charge < -0.3 is 9.42 Å². The Morgan fingerprint density at radius 2 is 1.60 bits per heavy atom. The predicted molar refractivity (Wildman–Crippen MR) is 115 cm³/mol. The number of aromatic nitrogens is 2. The van der Waals surface area contributed by atoms with E-state index in [1.54, 1.807) is 17.0 Å². The quantitative estimate of drug-likeness (QED) is 0.454. The molecular formula is C24H18ClN3O2. The molecule has 4 aromatic rings. The highest BCUT2D eigenvalue weighted by molar-refractivity contribution is 6.30. The van der Waals surface area contributed by atoms with Crippen LogP contribution in [0.25, 0.3) is 22.5 Å². The Kier molecular flexibility index (Phi) is 4.81. The average molecular weight is 416 g/mol. The van der Waals surface area contributed by atoms with Crippen LogP contribution in [0.1, 0.15) is 22.2 Å². The van der Waals surface area contributed by atoms with E-state index in [1.807, 2.05) is 54.6 Å². The van der Waals surface area contributed by atoms with Gasteiger partial charge in [-0.3, -0.25) is 4.79 Å². The fourth-order valence-corrected chi connectivity index (χ4v) is 3.76. The number of amides is 1. The molecule has 0 aliphatic carbocycles. The molecule has 0 radical (unpaired) electrons. The van der Waals surface area contributed by atoms with Gasteiger partial charge in [-0.2, -0.15) is 4.98 Å². The lowest BCUT2D eigenvalue weighted by Crippen LogP contribution is -2.48. The highest BCUT2D eigenvalue weighted by atomic mass is 35.5. The maximum absolute atomic E-state index is 12.8. The van der Waals surface area contributed by atoms with E-state index in [0.717, 1.165) is 16.7 Å². The van der Waals surface area contributed by atoms with Crippen molar-refractivity contribution < 1.29 is 9.32 Å². The van der Waals surface area contributed by atoms with Gasteiger partial charge in [-0.15, -0.1) is 0 Å². The van der Waals surface area contributed by atoms with Gasteiger partial charge in [-0.1, -0.05) is 71.4 Å². The number of nitrogens with zero attached hydrogens (tertiary/aromatic N) is 3. The number of likely N-dealkylation sites (tertiary alicyclic amines) is 1. The lowest BCUT2D eigenvalue weighted by Gasteiger charge is -2.37. The Morgan fingerprint density at radius 1 is 0.900 bits per heavy atom. The van der Waals surface area contributed by atoms with Crippen LogP contribution in [0, 0.1) is 0 Å². The molecule has 30 heavy (non-hydrogen) atoms. The summed E-state index contributed by atoms with van der Waals surface area (Å²) in [4.78, 5) is 19.0. The highest BCUT2D eigenvalue weighted by Gasteiger charge is 2.36. The second-order valence-corrected chi connectivity index (χ2v) is 7.75. The molecule has 0 bridgehead atoms. The van der Waals surface area contributed by atoms with Crippen molar-refractivity contribution in [2.75, 3.05) is 13.1 Å². The van der Waals surface area contributed by atoms with Crippen molar-refractivity contribution in [2.45, 2.75) is 5.92 Å². The van der Waals surface area contributed by atoms with E-state index >= 15 is 0 Å². The SMILES string of the molecule is O=C(c1ccc(-c2ccccc2)cc1)N1CC(c2nc(-c3cccc(Cl)c3)no2)C1. The van der Waals surface area contributed by atoms with Crippen LogP contribution in [0.4, 0.5) is 0 Å². The van der Waals surface area contributed by atoms with Gasteiger partial charge in [-0.05, 0) is 35.4 Å². The van der Waals surface area contributed by atoms with E-state index in [-0.39, 0.29) is 11.8 Å². The second-order valence-electron chi connectivity index (χ2n) is 7.32. The number of rotatable bonds is 4. The summed E-state index contributed by atoms with van der Waals surface area (Å²) >= 11 is 6.03. The van der Waals surface area contributed by atoms with Crippen LogP contribution >= 0.6 is 11.6 Å². The normalized spacial score (nSPS) is 13.8. The molecule has 3 aromatic carbocycles. The van der Waals surface area contributed by atoms with Crippen molar-refractivity contribution in [1.29, 1.82) is 0 Å². The van der Waals surface area contributed by atoms with Gasteiger partial charge in [-0.25, -0.2) is 0 Å². The van der Waals surface area contributed by atoms with Gasteiger partial charge in [0.25, 0.3) is 5.91 Å². The first-order valence-corrected chi connectivity index (χ1v) is 10.1. The van der Waals surface area contributed by atoms with Crippen molar-refractivity contribution in [3.8, 4) is 22.5 Å². The minimum absolute atomic E-state index is 0.0143. The van der Waals surface area contributed by atoms with E-state index < -0.39 is 0 Å². The molecule has 1 aromatic heterocycles. The van der Waals surface area contributed by atoms with Gasteiger partial charge in [0.15, 0.2) is 0 Å². The van der Waals surface area contributed by atoms with Crippen molar-refractivity contribution in [1.82, 2.24) is 15.0 Å². The third-order valence-electron chi connectivity index (χ3n) is 5.28. The summed E-state index contributed by atoms with van der Waals surface area (Å²) in [6.07, 6.45) is 0. The fraction of sp³-hybridized carbons (Fsp3) is 0.125. The van der Waals surface area contributed by atoms with E-state index in [0.29, 0.717) is 35.4 Å². The summed E-state index contributed by atoms with van der Waals surface area (Å²) in [7, 11) is 0. The zero-order valence-corrected chi connectivity index (χ0v) is 16.8. The molecule has 0 spiro atoms. The molecule has 5 rings (SSSR count). The number of hydrogen-bond acceptors (Lipinski definition) is 4. The number of hydrogen-bond donors (Lipinski definition) is 0. The Balaban J connectivity index is 1.23. The average Bonchev–Trinajstić information content (AvgIpc) is 3.23. The fourth-order valence-electron chi connectivity index (χ4n) is 3.56. The number of carbonyl (C=O) groups excluding carboxylic acids is 1. The van der Waals surface area contributed by atoms with Crippen LogP contribution in [0.5, 0.6) is 0 Å². The smallest absolute Gasteiger partial charge is 0.253 e. The molecule has 1 aliphatic heterocycles. The summed E-state index contributed by atoms with van der Waals surface area (Å²) in [5.74, 6) is 1.13. The zero-order valence-electron chi connectivity index (χ0n) is 16.0. The largest absolute Gasteiger partial charge is 0.339 e. The molecule has 2 heterocycles. The Morgan fingerprint density at radius 3 is 2.33 bits per heavy atom. The van der Waals surface area contributed by atoms with E-state index in [4.69, 9.17) is 16.1 Å². The summed E-state index contributed by atoms with van der Waals surface area (Å²) in [6, 6.07) is 25.2. The number of carbonyl (C=O) groups is 1. The summed E-state index contributed by atoms with van der Waals surface area (Å²) in [5, 5.41) is 4.67. The molecule has 0 saturated carbocycles. The van der Waals surface area contributed by atoms with E-state index in [1.165, 1.54) is 0 Å². The summed E-state index contributed by atoms with van der Waals surface area (Å²) in [5.41, 5.74) is 3.71. The summed E-state index contributed by atoms with van der Waals surface area (Å²) < 4.78 is 5.42. The molecule has 0 unspecified atom stereocenters. The maximum Gasteiger partial charge on any atom is 0.253 e. The van der Waals surface area contributed by atoms with Crippen LogP contribution < -0.4 is 0 Å². The first-order valence-electron chi connectivity index (χ1n) is 9.72. The standard InChI is InChI=1S/C24H18ClN3O2/c25-21-8-4-7-19(13-21)22-26-23(30-27-22)20-14-28(15-20)24(29)18-11-9-17(10-12-18)16-5-2-1-3-6-16/h1-13,20H,14-15H2. The molecule has 1 saturated heterocycles. The monoisotopic (exact) mass is 415 g/mol. The molecule has 5 nitrogen and oxygen atoms in total. The van der Waals surface area contributed by atoms with Crippen LogP contribution in [0.2, 0.25) is 5.02 Å². The Hall–Kier alpha value is -3.44. The second kappa shape index (κ2) is 7.76. The molecular weight excluding hydrogens is 398 g/mol.